The van der Waals surface area contributed by atoms with E-state index in [1.807, 2.05) is 6.92 Å². The van der Waals surface area contributed by atoms with Crippen molar-refractivity contribution in [1.29, 1.82) is 0 Å². The molecule has 0 aliphatic carbocycles. The molecule has 0 spiro atoms. The van der Waals surface area contributed by atoms with Gasteiger partial charge >= 0.3 is 0 Å². The largest absolute Gasteiger partial charge is 0.369 e. The van der Waals surface area contributed by atoms with E-state index in [1.165, 1.54) is 10.6 Å². The molecular weight excluding hydrogens is 281 g/mol. The number of halogens is 2. The predicted molar refractivity (Wildman–Crippen MR) is 76.6 cm³/mol. The van der Waals surface area contributed by atoms with Gasteiger partial charge in [-0.25, -0.2) is 14.1 Å². The molecule has 3 aromatic rings. The molecule has 0 unspecified atom stereocenters. The zero-order chi connectivity index (χ0) is 14.4. The maximum Gasteiger partial charge on any atom is 0.207 e. The number of aryl methyl sites for hydroxylation is 2. The number of aromatic nitrogens is 4. The summed E-state index contributed by atoms with van der Waals surface area (Å²) in [6, 6.07) is 4.77. The van der Waals surface area contributed by atoms with Crippen molar-refractivity contribution in [3.8, 4) is 5.69 Å². The second-order valence-electron chi connectivity index (χ2n) is 4.47. The molecule has 1 aromatic carbocycles. The summed E-state index contributed by atoms with van der Waals surface area (Å²) in [5, 5.41) is 4.41. The number of nitrogen functional groups attached to an aromatic ring is 1. The average molecular weight is 294 g/mol. The molecule has 20 heavy (non-hydrogen) atoms. The summed E-state index contributed by atoms with van der Waals surface area (Å²) in [6.45, 7) is 1.98. The van der Waals surface area contributed by atoms with Gasteiger partial charge in [0.15, 0.2) is 11.5 Å². The maximum atomic E-state index is 14.2. The molecule has 0 fully saturated rings. The Morgan fingerprint density at radius 1 is 1.40 bits per heavy atom. The second kappa shape index (κ2) is 4.49. The molecular formula is C13H13ClFN5. The molecule has 0 bridgehead atoms. The smallest absolute Gasteiger partial charge is 0.207 e. The van der Waals surface area contributed by atoms with Crippen LogP contribution in [0.5, 0.6) is 0 Å². The van der Waals surface area contributed by atoms with Gasteiger partial charge in [0.1, 0.15) is 5.52 Å². The van der Waals surface area contributed by atoms with Crippen LogP contribution in [0, 0.1) is 5.82 Å². The quantitative estimate of drug-likeness (QED) is 0.790. The van der Waals surface area contributed by atoms with Crippen LogP contribution in [0.4, 0.5) is 10.3 Å². The highest BCUT2D eigenvalue weighted by Crippen LogP contribution is 2.29. The van der Waals surface area contributed by atoms with E-state index in [2.05, 4.69) is 10.1 Å². The zero-order valence-electron chi connectivity index (χ0n) is 11.1. The van der Waals surface area contributed by atoms with E-state index in [0.29, 0.717) is 11.2 Å². The Morgan fingerprint density at radius 3 is 2.85 bits per heavy atom. The third-order valence-corrected chi connectivity index (χ3v) is 3.53. The first-order valence-electron chi connectivity index (χ1n) is 6.18. The van der Waals surface area contributed by atoms with Crippen molar-refractivity contribution in [2.24, 2.45) is 7.05 Å². The van der Waals surface area contributed by atoms with Gasteiger partial charge in [0.25, 0.3) is 0 Å². The van der Waals surface area contributed by atoms with Crippen LogP contribution in [0.15, 0.2) is 18.2 Å². The molecule has 0 atom stereocenters. The van der Waals surface area contributed by atoms with Gasteiger partial charge in [-0.05, 0) is 18.6 Å². The molecule has 3 rings (SSSR count). The minimum Gasteiger partial charge on any atom is -0.369 e. The Balaban J connectivity index is 2.39. The van der Waals surface area contributed by atoms with Gasteiger partial charge in [-0.3, -0.25) is 4.57 Å². The average Bonchev–Trinajstić information content (AvgIpc) is 2.90. The molecule has 104 valence electrons. The third-order valence-electron chi connectivity index (χ3n) is 3.24. The van der Waals surface area contributed by atoms with Crippen LogP contribution in [-0.4, -0.2) is 19.3 Å². The molecule has 2 N–H and O–H groups in total. The Kier molecular flexibility index (Phi) is 2.90. The van der Waals surface area contributed by atoms with Gasteiger partial charge in [0.2, 0.25) is 5.95 Å². The predicted octanol–water partition coefficient (Wildman–Crippen LogP) is 2.70. The molecule has 2 heterocycles. The number of fused-ring (bicyclic) bond motifs is 1. The van der Waals surface area contributed by atoms with E-state index in [4.69, 9.17) is 17.3 Å². The molecule has 0 radical (unpaired) electrons. The molecule has 0 saturated heterocycles. The molecule has 0 aliphatic rings. The number of benzene rings is 1. The molecule has 0 amide bonds. The molecule has 2 aromatic heterocycles. The van der Waals surface area contributed by atoms with Gasteiger partial charge in [0.05, 0.1) is 16.4 Å². The van der Waals surface area contributed by atoms with Gasteiger partial charge in [-0.2, -0.15) is 5.10 Å². The number of nitrogens with zero attached hydrogens (tertiary/aromatic N) is 4. The Hall–Kier alpha value is -2.08. The summed E-state index contributed by atoms with van der Waals surface area (Å²) in [5.74, 6) is -0.316. The molecule has 0 saturated carbocycles. The zero-order valence-corrected chi connectivity index (χ0v) is 11.8. The fourth-order valence-electron chi connectivity index (χ4n) is 2.34. The minimum atomic E-state index is -0.528. The Labute approximate surface area is 119 Å². The molecule has 7 heteroatoms. The Morgan fingerprint density at radius 2 is 2.15 bits per heavy atom. The second-order valence-corrected chi connectivity index (χ2v) is 4.88. The number of rotatable bonds is 2. The number of nitrogens with two attached hydrogens (primary N) is 1. The normalized spacial score (nSPS) is 11.4. The van der Waals surface area contributed by atoms with Crippen molar-refractivity contribution < 1.29 is 4.39 Å². The van der Waals surface area contributed by atoms with Crippen LogP contribution in [0.1, 0.15) is 12.6 Å². The van der Waals surface area contributed by atoms with Gasteiger partial charge in [-0.1, -0.05) is 24.6 Å². The van der Waals surface area contributed by atoms with E-state index in [9.17, 15) is 4.39 Å². The van der Waals surface area contributed by atoms with Crippen molar-refractivity contribution in [3.05, 3.63) is 34.7 Å². The van der Waals surface area contributed by atoms with Gasteiger partial charge in [0, 0.05) is 7.05 Å². The lowest BCUT2D eigenvalue weighted by Gasteiger charge is -2.08. The first-order chi connectivity index (χ1) is 9.54. The summed E-state index contributed by atoms with van der Waals surface area (Å²) in [7, 11) is 1.78. The van der Waals surface area contributed by atoms with Crippen LogP contribution in [0.2, 0.25) is 5.02 Å². The number of hydrogen-bond acceptors (Lipinski definition) is 3. The van der Waals surface area contributed by atoms with Crippen molar-refractivity contribution in [2.45, 2.75) is 13.3 Å². The van der Waals surface area contributed by atoms with Crippen LogP contribution in [0.25, 0.3) is 16.9 Å². The van der Waals surface area contributed by atoms with E-state index in [0.717, 1.165) is 12.1 Å². The highest BCUT2D eigenvalue weighted by Gasteiger charge is 2.20. The van der Waals surface area contributed by atoms with Crippen LogP contribution in [-0.2, 0) is 13.5 Å². The van der Waals surface area contributed by atoms with Gasteiger partial charge in [-0.15, -0.1) is 0 Å². The van der Waals surface area contributed by atoms with Crippen LogP contribution >= 0.6 is 11.6 Å². The monoisotopic (exact) mass is 293 g/mol. The third kappa shape index (κ3) is 1.68. The van der Waals surface area contributed by atoms with Crippen molar-refractivity contribution in [2.75, 3.05) is 5.73 Å². The minimum absolute atomic E-state index is 0.0432. The van der Waals surface area contributed by atoms with Crippen molar-refractivity contribution >= 4 is 28.7 Å². The number of hydrogen-bond donors (Lipinski definition) is 1. The van der Waals surface area contributed by atoms with Crippen LogP contribution < -0.4 is 5.73 Å². The lowest BCUT2D eigenvalue weighted by Crippen LogP contribution is -2.06. The summed E-state index contributed by atoms with van der Waals surface area (Å²) >= 11 is 5.83. The maximum absolute atomic E-state index is 14.2. The number of anilines is 1. The Bertz CT molecular complexity index is 805. The summed E-state index contributed by atoms with van der Waals surface area (Å²) in [5.41, 5.74) is 8.38. The molecule has 0 aliphatic heterocycles. The topological polar surface area (TPSA) is 61.7 Å². The SMILES string of the molecule is CCc1nn(C)c2c1nc(N)n2-c1cccc(Cl)c1F. The summed E-state index contributed by atoms with van der Waals surface area (Å²) in [4.78, 5) is 4.30. The lowest BCUT2D eigenvalue weighted by molar-refractivity contribution is 0.618. The fourth-order valence-corrected chi connectivity index (χ4v) is 2.51. The first kappa shape index (κ1) is 12.9. The molecule has 5 nitrogen and oxygen atoms in total. The van der Waals surface area contributed by atoms with Gasteiger partial charge < -0.3 is 5.73 Å². The fraction of sp³-hybridized carbons (Fsp3) is 0.231. The lowest BCUT2D eigenvalue weighted by atomic mass is 10.3. The van der Waals surface area contributed by atoms with E-state index in [1.54, 1.807) is 23.9 Å². The van der Waals surface area contributed by atoms with Crippen molar-refractivity contribution in [3.63, 3.8) is 0 Å². The van der Waals surface area contributed by atoms with E-state index >= 15 is 0 Å². The highest BCUT2D eigenvalue weighted by atomic mass is 35.5. The summed E-state index contributed by atoms with van der Waals surface area (Å²) < 4.78 is 17.4. The highest BCUT2D eigenvalue weighted by molar-refractivity contribution is 6.30. The van der Waals surface area contributed by atoms with E-state index < -0.39 is 5.82 Å². The first-order valence-corrected chi connectivity index (χ1v) is 6.56. The van der Waals surface area contributed by atoms with Crippen LogP contribution in [0.3, 0.4) is 0 Å². The van der Waals surface area contributed by atoms with E-state index in [-0.39, 0.29) is 16.7 Å². The number of imidazole rings is 1. The van der Waals surface area contributed by atoms with Crippen molar-refractivity contribution in [1.82, 2.24) is 19.3 Å². The standard InChI is InChI=1S/C13H13ClFN5/c1-3-8-11-12(19(2)18-8)20(13(16)17-11)9-6-4-5-7(14)10(9)15/h4-6H,3H2,1-2H3,(H2,16,17). The summed E-state index contributed by atoms with van der Waals surface area (Å²) in [6.07, 6.45) is 0.728.